The Kier molecular flexibility index (Phi) is 9.06. The number of methoxy groups -OCH3 is 1. The molecule has 1 spiro atoms. The van der Waals surface area contributed by atoms with Gasteiger partial charge in [-0.1, -0.05) is 43.3 Å². The molecule has 2 aromatic carbocycles. The summed E-state index contributed by atoms with van der Waals surface area (Å²) in [5, 5.41) is -0.136. The molecule has 0 unspecified atom stereocenters. The molecular formula is C36H44ClFN2O5S. The van der Waals surface area contributed by atoms with Gasteiger partial charge in [-0.15, -0.1) is 0 Å². The van der Waals surface area contributed by atoms with Gasteiger partial charge in [-0.05, 0) is 105 Å². The van der Waals surface area contributed by atoms with Crippen LogP contribution >= 0.6 is 11.6 Å². The SMILES string of the molecule is C=C(F)C[C@@]1(OC)/C=C/C[C@H](C)[C@@H](C)S(=O)(=O)NC(=O)c2ccc3c(c2)N(C[C@@H]2CC[C@H]21)C[C@@]1(CCCc2cc(Cl)ccc21)CO3. The first kappa shape index (κ1) is 33.0. The van der Waals surface area contributed by atoms with E-state index in [1.54, 1.807) is 32.2 Å². The van der Waals surface area contributed by atoms with Crippen LogP contribution in [-0.2, 0) is 26.6 Å². The summed E-state index contributed by atoms with van der Waals surface area (Å²) in [6, 6.07) is 11.3. The summed E-state index contributed by atoms with van der Waals surface area (Å²) in [4.78, 5) is 15.8. The lowest BCUT2D eigenvalue weighted by molar-refractivity contribution is -0.0768. The molecule has 0 radical (unpaired) electrons. The van der Waals surface area contributed by atoms with Crippen molar-refractivity contribution in [2.24, 2.45) is 17.8 Å². The molecule has 0 saturated heterocycles. The van der Waals surface area contributed by atoms with Gasteiger partial charge in [0.2, 0.25) is 10.0 Å². The highest BCUT2D eigenvalue weighted by Gasteiger charge is 2.49. The number of nitrogens with zero attached hydrogens (tertiary/aromatic N) is 1. The van der Waals surface area contributed by atoms with Gasteiger partial charge < -0.3 is 14.4 Å². The number of fused-ring (bicyclic) bond motifs is 4. The van der Waals surface area contributed by atoms with Gasteiger partial charge >= 0.3 is 0 Å². The fraction of sp³-hybridized carbons (Fsp3) is 0.528. The molecule has 10 heteroatoms. The highest BCUT2D eigenvalue weighted by Crippen LogP contribution is 2.50. The van der Waals surface area contributed by atoms with Crippen LogP contribution in [-0.4, -0.2) is 52.0 Å². The Morgan fingerprint density at radius 3 is 2.74 bits per heavy atom. The molecule has 2 heterocycles. The van der Waals surface area contributed by atoms with Crippen molar-refractivity contribution < 1.29 is 27.1 Å². The average Bonchev–Trinajstić information content (AvgIpc) is 3.14. The van der Waals surface area contributed by atoms with Gasteiger partial charge in [0.15, 0.2) is 0 Å². The van der Waals surface area contributed by atoms with Crippen molar-refractivity contribution in [3.05, 3.63) is 82.7 Å². The third-order valence-corrected chi connectivity index (χ3v) is 13.2. The molecule has 7 nitrogen and oxygen atoms in total. The molecule has 248 valence electrons. The van der Waals surface area contributed by atoms with Gasteiger partial charge in [-0.3, -0.25) is 4.79 Å². The van der Waals surface area contributed by atoms with Crippen molar-refractivity contribution in [3.63, 3.8) is 0 Å². The summed E-state index contributed by atoms with van der Waals surface area (Å²) in [5.41, 5.74) is 2.21. The highest BCUT2D eigenvalue weighted by atomic mass is 35.5. The number of nitrogens with one attached hydrogen (secondary N) is 1. The molecule has 4 aliphatic rings. The normalized spacial score (nSPS) is 33.0. The molecule has 1 saturated carbocycles. The predicted octanol–water partition coefficient (Wildman–Crippen LogP) is 7.14. The van der Waals surface area contributed by atoms with Crippen LogP contribution in [0.2, 0.25) is 5.02 Å². The van der Waals surface area contributed by atoms with Crippen molar-refractivity contribution in [3.8, 4) is 5.75 Å². The van der Waals surface area contributed by atoms with Crippen LogP contribution in [0.4, 0.5) is 10.1 Å². The zero-order chi connectivity index (χ0) is 32.9. The van der Waals surface area contributed by atoms with Gasteiger partial charge in [0.05, 0.1) is 29.0 Å². The summed E-state index contributed by atoms with van der Waals surface area (Å²) in [6.45, 7) is 8.77. The minimum atomic E-state index is -3.99. The molecule has 1 fully saturated rings. The average molecular weight is 671 g/mol. The van der Waals surface area contributed by atoms with Crippen molar-refractivity contribution >= 4 is 33.2 Å². The molecular weight excluding hydrogens is 627 g/mol. The first-order valence-corrected chi connectivity index (χ1v) is 18.2. The topological polar surface area (TPSA) is 84.9 Å². The van der Waals surface area contributed by atoms with Crippen LogP contribution in [0.5, 0.6) is 5.75 Å². The van der Waals surface area contributed by atoms with Gasteiger partial charge in [-0.25, -0.2) is 17.5 Å². The maximum atomic E-state index is 14.6. The number of ether oxygens (including phenoxy) is 2. The quantitative estimate of drug-likeness (QED) is 0.350. The van der Waals surface area contributed by atoms with Gasteiger partial charge in [0, 0.05) is 42.6 Å². The first-order chi connectivity index (χ1) is 21.9. The van der Waals surface area contributed by atoms with E-state index in [1.807, 2.05) is 25.1 Å². The molecule has 2 aliphatic heterocycles. The summed E-state index contributed by atoms with van der Waals surface area (Å²) in [7, 11) is -2.37. The third-order valence-electron chi connectivity index (χ3n) is 11.1. The van der Waals surface area contributed by atoms with E-state index in [1.165, 1.54) is 11.1 Å². The van der Waals surface area contributed by atoms with Gasteiger partial charge in [-0.2, -0.15) is 0 Å². The van der Waals surface area contributed by atoms with Crippen LogP contribution < -0.4 is 14.4 Å². The van der Waals surface area contributed by atoms with E-state index in [-0.39, 0.29) is 35.2 Å². The number of hydrogen-bond acceptors (Lipinski definition) is 6. The van der Waals surface area contributed by atoms with E-state index in [9.17, 15) is 17.6 Å². The van der Waals surface area contributed by atoms with Crippen molar-refractivity contribution in [2.45, 2.75) is 75.1 Å². The molecule has 1 N–H and O–H groups in total. The Morgan fingerprint density at radius 1 is 1.22 bits per heavy atom. The number of rotatable bonds is 3. The Labute approximate surface area is 277 Å². The van der Waals surface area contributed by atoms with Crippen LogP contribution in [0, 0.1) is 17.8 Å². The molecule has 2 bridgehead atoms. The van der Waals surface area contributed by atoms with Crippen LogP contribution in [0.3, 0.4) is 0 Å². The molecule has 6 rings (SSSR count). The van der Waals surface area contributed by atoms with Gasteiger partial charge in [0.25, 0.3) is 5.91 Å². The molecule has 6 atom stereocenters. The maximum Gasteiger partial charge on any atom is 0.264 e. The fourth-order valence-corrected chi connectivity index (χ4v) is 9.61. The molecule has 2 aliphatic carbocycles. The lowest BCUT2D eigenvalue weighted by Crippen LogP contribution is -2.53. The van der Waals surface area contributed by atoms with Crippen LogP contribution in [0.1, 0.15) is 73.9 Å². The fourth-order valence-electron chi connectivity index (χ4n) is 8.13. The minimum Gasteiger partial charge on any atom is -0.490 e. The Bertz CT molecular complexity index is 1660. The van der Waals surface area contributed by atoms with E-state index in [2.05, 4.69) is 28.3 Å². The molecule has 1 amide bonds. The maximum absolute atomic E-state index is 14.6. The number of carbonyl (C=O) groups is 1. The number of hydrogen-bond donors (Lipinski definition) is 1. The zero-order valence-corrected chi connectivity index (χ0v) is 28.4. The lowest BCUT2D eigenvalue weighted by Gasteiger charge is -2.50. The number of carbonyl (C=O) groups excluding carboxylic acids is 1. The number of benzene rings is 2. The van der Waals surface area contributed by atoms with Crippen LogP contribution in [0.15, 0.2) is 61.0 Å². The Balaban J connectivity index is 1.47. The molecule has 0 aromatic heterocycles. The number of aryl methyl sites for hydroxylation is 1. The van der Waals surface area contributed by atoms with Crippen molar-refractivity contribution in [2.75, 3.05) is 31.7 Å². The molecule has 46 heavy (non-hydrogen) atoms. The summed E-state index contributed by atoms with van der Waals surface area (Å²) in [6.07, 6.45) is 8.96. The monoisotopic (exact) mass is 670 g/mol. The lowest BCUT2D eigenvalue weighted by atomic mass is 9.62. The first-order valence-electron chi connectivity index (χ1n) is 16.3. The second-order valence-electron chi connectivity index (χ2n) is 13.9. The minimum absolute atomic E-state index is 0.0121. The second kappa shape index (κ2) is 12.6. The number of amides is 1. The predicted molar refractivity (Wildman–Crippen MR) is 180 cm³/mol. The molecule has 2 aromatic rings. The van der Waals surface area contributed by atoms with E-state index < -0.39 is 32.6 Å². The number of allylic oxidation sites excluding steroid dienone is 1. The standard InChI is InChI=1S/C36H44ClFN2O5S/c1-23-7-5-16-36(44-4,19-24(2)38)31-12-9-28(31)20-40-21-35(15-6-8-26-17-29(37)11-13-30(26)35)22-45-33-14-10-27(18-32(33)40)34(41)39-46(42,43)25(23)3/h5,10-11,13-14,16-18,23,25,28,31H,2,6-9,12,15,19-22H2,1,3-4H3,(H,39,41)/b16-5+/t23-,25+,28-,31+,35-,36-/m0/s1. The Morgan fingerprint density at radius 2 is 2.02 bits per heavy atom. The number of halogens is 2. The second-order valence-corrected chi connectivity index (χ2v) is 16.4. The highest BCUT2D eigenvalue weighted by molar-refractivity contribution is 7.90. The smallest absolute Gasteiger partial charge is 0.264 e. The van der Waals surface area contributed by atoms with E-state index in [0.717, 1.165) is 37.8 Å². The van der Waals surface area contributed by atoms with Gasteiger partial charge in [0.1, 0.15) is 5.75 Å². The Hall–Kier alpha value is -2.88. The van der Waals surface area contributed by atoms with Crippen molar-refractivity contribution in [1.29, 1.82) is 0 Å². The van der Waals surface area contributed by atoms with E-state index in [4.69, 9.17) is 21.1 Å². The number of sulfonamides is 1. The number of anilines is 1. The van der Waals surface area contributed by atoms with E-state index >= 15 is 0 Å². The third kappa shape index (κ3) is 6.11. The zero-order valence-electron chi connectivity index (χ0n) is 26.9. The largest absolute Gasteiger partial charge is 0.490 e. The summed E-state index contributed by atoms with van der Waals surface area (Å²) < 4.78 is 56.4. The summed E-state index contributed by atoms with van der Waals surface area (Å²) in [5.74, 6) is -0.600. The van der Waals surface area contributed by atoms with Crippen LogP contribution in [0.25, 0.3) is 0 Å². The van der Waals surface area contributed by atoms with E-state index in [0.29, 0.717) is 36.9 Å². The summed E-state index contributed by atoms with van der Waals surface area (Å²) >= 11 is 6.42. The van der Waals surface area contributed by atoms with Crippen molar-refractivity contribution in [1.82, 2.24) is 4.72 Å².